The first-order chi connectivity index (χ1) is 7.66. The molecule has 0 aromatic heterocycles. The maximum absolute atomic E-state index is 10.3. The lowest BCUT2D eigenvalue weighted by atomic mass is 9.94. The van der Waals surface area contributed by atoms with E-state index in [1.54, 1.807) is 0 Å². The van der Waals surface area contributed by atoms with Crippen LogP contribution in [0.3, 0.4) is 0 Å². The number of likely N-dealkylation sites (N-methyl/N-ethyl adjacent to an activating group) is 1. The monoisotopic (exact) mass is 231 g/mol. The smallest absolute Gasteiger partial charge is 0.0817 e. The third kappa shape index (κ3) is 5.25. The van der Waals surface area contributed by atoms with E-state index in [1.165, 1.54) is 0 Å². The van der Waals surface area contributed by atoms with Crippen LogP contribution in [0.2, 0.25) is 0 Å². The zero-order valence-electron chi connectivity index (χ0n) is 10.6. The molecule has 1 aliphatic rings. The summed E-state index contributed by atoms with van der Waals surface area (Å²) in [5, 5.41) is 10.3. The topological polar surface area (TPSA) is 41.9 Å². The van der Waals surface area contributed by atoms with Crippen LogP contribution in [-0.4, -0.2) is 62.2 Å². The van der Waals surface area contributed by atoms with Crippen LogP contribution < -0.4 is 0 Å². The van der Waals surface area contributed by atoms with E-state index in [1.807, 2.05) is 6.92 Å². The quantitative estimate of drug-likeness (QED) is 0.661. The van der Waals surface area contributed by atoms with E-state index in [2.05, 4.69) is 11.9 Å². The van der Waals surface area contributed by atoms with Crippen LogP contribution in [0.15, 0.2) is 0 Å². The van der Waals surface area contributed by atoms with E-state index < -0.39 is 5.60 Å². The zero-order chi connectivity index (χ0) is 11.9. The molecule has 0 atom stereocenters. The molecule has 0 aromatic carbocycles. The second-order valence-corrected chi connectivity index (χ2v) is 4.62. The summed E-state index contributed by atoms with van der Waals surface area (Å²) in [6.45, 7) is 6.68. The lowest BCUT2D eigenvalue weighted by Gasteiger charge is -2.35. The Hall–Kier alpha value is -0.160. The Kier molecular flexibility index (Phi) is 6.28. The van der Waals surface area contributed by atoms with E-state index in [-0.39, 0.29) is 0 Å². The summed E-state index contributed by atoms with van der Waals surface area (Å²) in [5.41, 5.74) is -0.543. The second-order valence-electron chi connectivity index (χ2n) is 4.62. The molecule has 0 aliphatic carbocycles. The molecule has 4 nitrogen and oxygen atoms in total. The fraction of sp³-hybridized carbons (Fsp3) is 1.00. The molecule has 1 N–H and O–H groups in total. The average molecular weight is 231 g/mol. The Morgan fingerprint density at radius 1 is 1.38 bits per heavy atom. The molecule has 16 heavy (non-hydrogen) atoms. The van der Waals surface area contributed by atoms with Gasteiger partial charge >= 0.3 is 0 Å². The number of hydrogen-bond acceptors (Lipinski definition) is 4. The van der Waals surface area contributed by atoms with Crippen LogP contribution in [0.5, 0.6) is 0 Å². The summed E-state index contributed by atoms with van der Waals surface area (Å²) < 4.78 is 10.6. The third-order valence-electron chi connectivity index (χ3n) is 3.02. The Morgan fingerprint density at radius 3 is 2.69 bits per heavy atom. The van der Waals surface area contributed by atoms with Gasteiger partial charge in [-0.2, -0.15) is 0 Å². The normalized spacial score (nSPS) is 20.2. The van der Waals surface area contributed by atoms with Crippen LogP contribution in [0.1, 0.15) is 26.2 Å². The molecule has 0 amide bonds. The van der Waals surface area contributed by atoms with E-state index in [0.717, 1.165) is 45.6 Å². The highest BCUT2D eigenvalue weighted by Crippen LogP contribution is 2.21. The Balaban J connectivity index is 2.14. The summed E-state index contributed by atoms with van der Waals surface area (Å²) in [6.07, 6.45) is 2.53. The van der Waals surface area contributed by atoms with Gasteiger partial charge in [-0.25, -0.2) is 0 Å². The largest absolute Gasteiger partial charge is 0.388 e. The Bertz CT molecular complexity index is 181. The van der Waals surface area contributed by atoms with Gasteiger partial charge in [-0.3, -0.25) is 0 Å². The molecule has 96 valence electrons. The molecule has 1 saturated heterocycles. The van der Waals surface area contributed by atoms with Crippen molar-refractivity contribution in [3.05, 3.63) is 0 Å². The van der Waals surface area contributed by atoms with Crippen LogP contribution >= 0.6 is 0 Å². The van der Waals surface area contributed by atoms with Crippen molar-refractivity contribution < 1.29 is 14.6 Å². The summed E-state index contributed by atoms with van der Waals surface area (Å²) >= 11 is 0. The predicted molar refractivity (Wildman–Crippen MR) is 63.6 cm³/mol. The molecule has 1 heterocycles. The first kappa shape index (κ1) is 13.9. The van der Waals surface area contributed by atoms with Gasteiger partial charge in [0, 0.05) is 52.4 Å². The van der Waals surface area contributed by atoms with E-state index >= 15 is 0 Å². The summed E-state index contributed by atoms with van der Waals surface area (Å²) in [4.78, 5) is 2.18. The fourth-order valence-electron chi connectivity index (χ4n) is 2.07. The van der Waals surface area contributed by atoms with Crippen LogP contribution in [0, 0.1) is 0 Å². The van der Waals surface area contributed by atoms with Crippen molar-refractivity contribution in [1.82, 2.24) is 4.90 Å². The number of aliphatic hydroxyl groups is 1. The van der Waals surface area contributed by atoms with Gasteiger partial charge in [-0.15, -0.1) is 0 Å². The maximum atomic E-state index is 10.3. The van der Waals surface area contributed by atoms with E-state index in [9.17, 15) is 5.11 Å². The van der Waals surface area contributed by atoms with Crippen molar-refractivity contribution in [2.45, 2.75) is 31.8 Å². The molecule has 0 aromatic rings. The lowest BCUT2D eigenvalue weighted by Crippen LogP contribution is -2.45. The number of rotatable bonds is 7. The Labute approximate surface area is 98.5 Å². The molecule has 0 spiro atoms. The highest BCUT2D eigenvalue weighted by molar-refractivity contribution is 4.83. The fourth-order valence-corrected chi connectivity index (χ4v) is 2.07. The molecule has 0 radical (unpaired) electrons. The molecule has 0 bridgehead atoms. The van der Waals surface area contributed by atoms with Gasteiger partial charge in [0.1, 0.15) is 0 Å². The molecule has 1 fully saturated rings. The standard InChI is InChI=1S/C12H25NO3/c1-3-15-8-4-7-13(2)11-12(14)5-9-16-10-6-12/h14H,3-11H2,1-2H3. The van der Waals surface area contributed by atoms with Crippen molar-refractivity contribution in [2.75, 3.05) is 46.6 Å². The molecule has 1 rings (SSSR count). The van der Waals surface area contributed by atoms with Gasteiger partial charge in [0.05, 0.1) is 5.60 Å². The van der Waals surface area contributed by atoms with Crippen LogP contribution in [-0.2, 0) is 9.47 Å². The minimum absolute atomic E-state index is 0.543. The molecule has 4 heteroatoms. The van der Waals surface area contributed by atoms with Gasteiger partial charge in [-0.1, -0.05) is 0 Å². The SMILES string of the molecule is CCOCCCN(C)CC1(O)CCOCC1. The summed E-state index contributed by atoms with van der Waals surface area (Å²) in [7, 11) is 2.05. The van der Waals surface area contributed by atoms with E-state index in [0.29, 0.717) is 13.2 Å². The van der Waals surface area contributed by atoms with Crippen LogP contribution in [0.25, 0.3) is 0 Å². The van der Waals surface area contributed by atoms with Gasteiger partial charge < -0.3 is 19.5 Å². The summed E-state index contributed by atoms with van der Waals surface area (Å²) in [6, 6.07) is 0. The van der Waals surface area contributed by atoms with Gasteiger partial charge in [0.15, 0.2) is 0 Å². The highest BCUT2D eigenvalue weighted by atomic mass is 16.5. The van der Waals surface area contributed by atoms with Crippen molar-refractivity contribution in [3.8, 4) is 0 Å². The van der Waals surface area contributed by atoms with Crippen LogP contribution in [0.4, 0.5) is 0 Å². The van der Waals surface area contributed by atoms with Crippen molar-refractivity contribution >= 4 is 0 Å². The number of ether oxygens (including phenoxy) is 2. The van der Waals surface area contributed by atoms with Gasteiger partial charge in [-0.05, 0) is 20.4 Å². The molecule has 1 aliphatic heterocycles. The molecule has 0 saturated carbocycles. The predicted octanol–water partition coefficient (Wildman–Crippen LogP) is 0.886. The van der Waals surface area contributed by atoms with E-state index in [4.69, 9.17) is 9.47 Å². The lowest BCUT2D eigenvalue weighted by molar-refractivity contribution is -0.0773. The van der Waals surface area contributed by atoms with Gasteiger partial charge in [0.25, 0.3) is 0 Å². The number of nitrogens with zero attached hydrogens (tertiary/aromatic N) is 1. The molecular formula is C12H25NO3. The minimum Gasteiger partial charge on any atom is -0.388 e. The highest BCUT2D eigenvalue weighted by Gasteiger charge is 2.30. The summed E-state index contributed by atoms with van der Waals surface area (Å²) in [5.74, 6) is 0. The third-order valence-corrected chi connectivity index (χ3v) is 3.02. The first-order valence-corrected chi connectivity index (χ1v) is 6.23. The maximum Gasteiger partial charge on any atom is 0.0817 e. The van der Waals surface area contributed by atoms with Crippen molar-refractivity contribution in [3.63, 3.8) is 0 Å². The van der Waals surface area contributed by atoms with Gasteiger partial charge in [0.2, 0.25) is 0 Å². The molecular weight excluding hydrogens is 206 g/mol. The first-order valence-electron chi connectivity index (χ1n) is 6.23. The molecule has 0 unspecified atom stereocenters. The van der Waals surface area contributed by atoms with Crippen molar-refractivity contribution in [2.24, 2.45) is 0 Å². The minimum atomic E-state index is -0.543. The van der Waals surface area contributed by atoms with Crippen molar-refractivity contribution in [1.29, 1.82) is 0 Å². The number of hydrogen-bond donors (Lipinski definition) is 1. The zero-order valence-corrected chi connectivity index (χ0v) is 10.6. The second kappa shape index (κ2) is 7.22. The Morgan fingerprint density at radius 2 is 2.06 bits per heavy atom. The average Bonchev–Trinajstić information content (AvgIpc) is 2.25.